The fourth-order valence-corrected chi connectivity index (χ4v) is 1.75. The summed E-state index contributed by atoms with van der Waals surface area (Å²) in [5.74, 6) is 0.884. The van der Waals surface area contributed by atoms with Gasteiger partial charge in [-0.15, -0.1) is 0 Å². The quantitative estimate of drug-likeness (QED) is 0.747. The Hall–Kier alpha value is -0.900. The zero-order valence-corrected chi connectivity index (χ0v) is 10.0. The first kappa shape index (κ1) is 12.2. The van der Waals surface area contributed by atoms with Crippen molar-refractivity contribution < 1.29 is 0 Å². The van der Waals surface area contributed by atoms with Crippen molar-refractivity contribution >= 4 is 0 Å². The Bertz CT molecular complexity index is 263. The summed E-state index contributed by atoms with van der Waals surface area (Å²) in [4.78, 5) is 4.20. The molecule has 1 aromatic rings. The molecule has 0 saturated carbocycles. The highest BCUT2D eigenvalue weighted by Crippen LogP contribution is 2.05. The second-order valence-corrected chi connectivity index (χ2v) is 3.99. The van der Waals surface area contributed by atoms with Crippen LogP contribution < -0.4 is 5.32 Å². The molecular weight excluding hydrogens is 188 g/mol. The van der Waals surface area contributed by atoms with Gasteiger partial charge >= 0.3 is 0 Å². The molecule has 1 N–H and O–H groups in total. The summed E-state index contributed by atoms with van der Waals surface area (Å²) in [7, 11) is 1.89. The molecule has 0 bridgehead atoms. The maximum absolute atomic E-state index is 4.25. The van der Waals surface area contributed by atoms with Crippen LogP contribution in [0.4, 0.5) is 0 Å². The highest BCUT2D eigenvalue weighted by Gasteiger charge is 2.07. The van der Waals surface area contributed by atoms with Crippen molar-refractivity contribution in [2.45, 2.75) is 52.1 Å². The summed E-state index contributed by atoms with van der Waals surface area (Å²) in [5, 5.41) is 7.76. The molecule has 0 aromatic carbocycles. The molecule has 1 rings (SSSR count). The molecule has 0 amide bonds. The molecule has 4 heteroatoms. The van der Waals surface area contributed by atoms with E-state index >= 15 is 0 Å². The lowest BCUT2D eigenvalue weighted by molar-refractivity contribution is 0.437. The van der Waals surface area contributed by atoms with Crippen LogP contribution in [0, 0.1) is 0 Å². The van der Waals surface area contributed by atoms with E-state index < -0.39 is 0 Å². The highest BCUT2D eigenvalue weighted by atomic mass is 15.3. The van der Waals surface area contributed by atoms with Gasteiger partial charge in [-0.2, -0.15) is 5.10 Å². The second-order valence-electron chi connectivity index (χ2n) is 3.99. The van der Waals surface area contributed by atoms with E-state index in [2.05, 4.69) is 29.2 Å². The van der Waals surface area contributed by atoms with E-state index in [1.807, 2.05) is 7.05 Å². The van der Waals surface area contributed by atoms with Crippen molar-refractivity contribution in [1.29, 1.82) is 0 Å². The van der Waals surface area contributed by atoms with Crippen LogP contribution in [-0.2, 0) is 13.6 Å². The van der Waals surface area contributed by atoms with Crippen LogP contribution in [0.25, 0.3) is 0 Å². The van der Waals surface area contributed by atoms with Crippen molar-refractivity contribution in [2.75, 3.05) is 0 Å². The average molecular weight is 210 g/mol. The first-order chi connectivity index (χ1) is 7.26. The van der Waals surface area contributed by atoms with Gasteiger partial charge in [0.15, 0.2) is 5.82 Å². The molecule has 0 saturated heterocycles. The predicted molar refractivity (Wildman–Crippen MR) is 61.4 cm³/mol. The highest BCUT2D eigenvalue weighted by molar-refractivity contribution is 4.81. The van der Waals surface area contributed by atoms with Gasteiger partial charge in [0.2, 0.25) is 0 Å². The standard InChI is InChI=1S/C11H22N4/c1-4-6-10(7-5-2)12-8-11-13-9-15(3)14-11/h9-10,12H,4-8H2,1-3H3. The minimum absolute atomic E-state index is 0.615. The molecule has 0 aliphatic heterocycles. The monoisotopic (exact) mass is 210 g/mol. The molecule has 0 aliphatic carbocycles. The average Bonchev–Trinajstić information content (AvgIpc) is 2.61. The van der Waals surface area contributed by atoms with Crippen LogP contribution in [0.2, 0.25) is 0 Å². The van der Waals surface area contributed by atoms with Gasteiger partial charge in [0, 0.05) is 13.1 Å². The number of rotatable bonds is 7. The molecule has 0 aliphatic rings. The van der Waals surface area contributed by atoms with E-state index in [9.17, 15) is 0 Å². The fourth-order valence-electron chi connectivity index (χ4n) is 1.75. The molecule has 0 fully saturated rings. The number of aryl methyl sites for hydroxylation is 1. The number of hydrogen-bond acceptors (Lipinski definition) is 3. The van der Waals surface area contributed by atoms with E-state index in [4.69, 9.17) is 0 Å². The first-order valence-electron chi connectivity index (χ1n) is 5.84. The molecule has 0 spiro atoms. The van der Waals surface area contributed by atoms with Crippen LogP contribution in [0.1, 0.15) is 45.4 Å². The molecule has 0 unspecified atom stereocenters. The van der Waals surface area contributed by atoms with Crippen LogP contribution in [0.3, 0.4) is 0 Å². The number of nitrogens with one attached hydrogen (secondary N) is 1. The summed E-state index contributed by atoms with van der Waals surface area (Å²) < 4.78 is 1.74. The van der Waals surface area contributed by atoms with Crippen molar-refractivity contribution in [3.63, 3.8) is 0 Å². The minimum atomic E-state index is 0.615. The molecule has 1 heterocycles. The van der Waals surface area contributed by atoms with E-state index in [1.54, 1.807) is 11.0 Å². The Balaban J connectivity index is 2.32. The molecule has 15 heavy (non-hydrogen) atoms. The van der Waals surface area contributed by atoms with Crippen LogP contribution in [0.15, 0.2) is 6.33 Å². The third-order valence-corrected chi connectivity index (χ3v) is 2.47. The van der Waals surface area contributed by atoms with Gasteiger partial charge < -0.3 is 5.32 Å². The number of hydrogen-bond donors (Lipinski definition) is 1. The molecule has 0 radical (unpaired) electrons. The molecule has 86 valence electrons. The van der Waals surface area contributed by atoms with Crippen molar-refractivity contribution in [1.82, 2.24) is 20.1 Å². The number of nitrogens with zero attached hydrogens (tertiary/aromatic N) is 3. The zero-order valence-electron chi connectivity index (χ0n) is 10.0. The smallest absolute Gasteiger partial charge is 0.164 e. The fraction of sp³-hybridized carbons (Fsp3) is 0.818. The SMILES string of the molecule is CCCC(CCC)NCc1ncn(C)n1. The van der Waals surface area contributed by atoms with Gasteiger partial charge in [0.25, 0.3) is 0 Å². The van der Waals surface area contributed by atoms with Gasteiger partial charge in [-0.3, -0.25) is 4.68 Å². The van der Waals surface area contributed by atoms with Crippen molar-refractivity contribution in [3.05, 3.63) is 12.2 Å². The topological polar surface area (TPSA) is 42.7 Å². The maximum Gasteiger partial charge on any atom is 0.164 e. The van der Waals surface area contributed by atoms with Crippen LogP contribution in [-0.4, -0.2) is 20.8 Å². The van der Waals surface area contributed by atoms with E-state index in [0.717, 1.165) is 12.4 Å². The van der Waals surface area contributed by atoms with Crippen molar-refractivity contribution in [2.24, 2.45) is 7.05 Å². The Kier molecular flexibility index (Phi) is 5.32. The van der Waals surface area contributed by atoms with Gasteiger partial charge in [-0.1, -0.05) is 26.7 Å². The molecule has 0 atom stereocenters. The van der Waals surface area contributed by atoms with E-state index in [0.29, 0.717) is 6.04 Å². The van der Waals surface area contributed by atoms with Crippen LogP contribution >= 0.6 is 0 Å². The van der Waals surface area contributed by atoms with Gasteiger partial charge in [0.05, 0.1) is 6.54 Å². The lowest BCUT2D eigenvalue weighted by Gasteiger charge is -2.15. The van der Waals surface area contributed by atoms with E-state index in [-0.39, 0.29) is 0 Å². The largest absolute Gasteiger partial charge is 0.307 e. The van der Waals surface area contributed by atoms with E-state index in [1.165, 1.54) is 25.7 Å². The zero-order chi connectivity index (χ0) is 11.1. The maximum atomic E-state index is 4.25. The predicted octanol–water partition coefficient (Wildman–Crippen LogP) is 1.87. The Morgan fingerprint density at radius 2 is 2.00 bits per heavy atom. The third kappa shape index (κ3) is 4.42. The van der Waals surface area contributed by atoms with Gasteiger partial charge in [-0.05, 0) is 12.8 Å². The third-order valence-electron chi connectivity index (χ3n) is 2.47. The van der Waals surface area contributed by atoms with Gasteiger partial charge in [0.1, 0.15) is 6.33 Å². The summed E-state index contributed by atoms with van der Waals surface area (Å²) >= 11 is 0. The summed E-state index contributed by atoms with van der Waals surface area (Å²) in [6.07, 6.45) is 6.67. The van der Waals surface area contributed by atoms with Crippen molar-refractivity contribution in [3.8, 4) is 0 Å². The number of aromatic nitrogens is 3. The molecular formula is C11H22N4. The minimum Gasteiger partial charge on any atom is -0.307 e. The Morgan fingerprint density at radius 3 is 2.47 bits per heavy atom. The second kappa shape index (κ2) is 6.56. The normalized spacial score (nSPS) is 11.2. The first-order valence-corrected chi connectivity index (χ1v) is 5.84. The summed E-state index contributed by atoms with van der Waals surface area (Å²) in [6, 6.07) is 0.615. The molecule has 4 nitrogen and oxygen atoms in total. The lowest BCUT2D eigenvalue weighted by atomic mass is 10.1. The summed E-state index contributed by atoms with van der Waals surface area (Å²) in [5.41, 5.74) is 0. The van der Waals surface area contributed by atoms with Crippen LogP contribution in [0.5, 0.6) is 0 Å². The Morgan fingerprint density at radius 1 is 1.33 bits per heavy atom. The summed E-state index contributed by atoms with van der Waals surface area (Å²) in [6.45, 7) is 5.23. The van der Waals surface area contributed by atoms with Gasteiger partial charge in [-0.25, -0.2) is 4.98 Å². The Labute approximate surface area is 92.1 Å². The molecule has 1 aromatic heterocycles. The lowest BCUT2D eigenvalue weighted by Crippen LogP contribution is -2.28.